The average Bonchev–Trinajstić information content (AvgIpc) is 2.79. The molecular weight excluding hydrogens is 256 g/mol. The van der Waals surface area contributed by atoms with Crippen molar-refractivity contribution in [3.8, 4) is 0 Å². The van der Waals surface area contributed by atoms with Crippen LogP contribution in [0.15, 0.2) is 17.5 Å². The maximum atomic E-state index is 12.0. The van der Waals surface area contributed by atoms with E-state index in [1.807, 2.05) is 0 Å². The molecule has 1 spiro atoms. The molecule has 2 N–H and O–H groups in total. The number of amides is 2. The topological polar surface area (TPSA) is 41.1 Å². The minimum Gasteiger partial charge on any atom is -0.338 e. The molecule has 0 saturated heterocycles. The maximum absolute atomic E-state index is 12.0. The van der Waals surface area contributed by atoms with E-state index in [0.717, 1.165) is 18.9 Å². The summed E-state index contributed by atoms with van der Waals surface area (Å²) < 4.78 is 0. The van der Waals surface area contributed by atoms with E-state index in [-0.39, 0.29) is 11.6 Å². The van der Waals surface area contributed by atoms with Crippen LogP contribution >= 0.6 is 11.3 Å². The van der Waals surface area contributed by atoms with Crippen molar-refractivity contribution in [2.75, 3.05) is 6.54 Å². The first-order chi connectivity index (χ1) is 9.17. The zero-order chi connectivity index (χ0) is 12.9. The van der Waals surface area contributed by atoms with Crippen molar-refractivity contribution in [3.05, 3.63) is 22.4 Å². The van der Waals surface area contributed by atoms with E-state index in [1.54, 1.807) is 11.3 Å². The molecule has 0 radical (unpaired) electrons. The predicted octanol–water partition coefficient (Wildman–Crippen LogP) is 2.92. The van der Waals surface area contributed by atoms with Gasteiger partial charge in [-0.05, 0) is 61.3 Å². The fourth-order valence-electron chi connectivity index (χ4n) is 4.86. The smallest absolute Gasteiger partial charge is 0.315 e. The van der Waals surface area contributed by atoms with Crippen LogP contribution in [0.3, 0.4) is 0 Å². The van der Waals surface area contributed by atoms with Crippen molar-refractivity contribution in [2.24, 2.45) is 11.3 Å². The lowest BCUT2D eigenvalue weighted by Gasteiger charge is -2.71. The van der Waals surface area contributed by atoms with Crippen LogP contribution in [0.25, 0.3) is 0 Å². The number of urea groups is 1. The fraction of sp³-hybridized carbons (Fsp3) is 0.667. The lowest BCUT2D eigenvalue weighted by molar-refractivity contribution is -0.168. The van der Waals surface area contributed by atoms with Gasteiger partial charge < -0.3 is 10.6 Å². The average molecular weight is 276 g/mol. The van der Waals surface area contributed by atoms with Gasteiger partial charge in [-0.15, -0.1) is 11.3 Å². The summed E-state index contributed by atoms with van der Waals surface area (Å²) >= 11 is 1.75. The normalized spacial score (nSPS) is 38.0. The number of carbonyl (C=O) groups excluding carboxylic acids is 1. The Balaban J connectivity index is 1.24. The Labute approximate surface area is 117 Å². The minimum absolute atomic E-state index is 0.0349. The van der Waals surface area contributed by atoms with Crippen LogP contribution in [0, 0.1) is 11.3 Å². The highest BCUT2D eigenvalue weighted by atomic mass is 32.1. The maximum Gasteiger partial charge on any atom is 0.315 e. The summed E-state index contributed by atoms with van der Waals surface area (Å²) in [5.41, 5.74) is 0.807. The van der Waals surface area contributed by atoms with Gasteiger partial charge in [0.25, 0.3) is 0 Å². The molecular formula is C15H20N2OS. The molecule has 19 heavy (non-hydrogen) atoms. The van der Waals surface area contributed by atoms with E-state index in [4.69, 9.17) is 0 Å². The van der Waals surface area contributed by atoms with E-state index >= 15 is 0 Å². The van der Waals surface area contributed by atoms with Gasteiger partial charge in [0.05, 0.1) is 0 Å². The Morgan fingerprint density at radius 1 is 1.37 bits per heavy atom. The first-order valence-corrected chi connectivity index (χ1v) is 8.14. The van der Waals surface area contributed by atoms with Crippen LogP contribution in [-0.2, 0) is 6.42 Å². The van der Waals surface area contributed by atoms with Gasteiger partial charge in [-0.25, -0.2) is 4.79 Å². The third-order valence-electron chi connectivity index (χ3n) is 5.17. The number of rotatable bonds is 4. The third-order valence-corrected chi connectivity index (χ3v) is 6.10. The Kier molecular flexibility index (Phi) is 2.47. The van der Waals surface area contributed by atoms with Crippen LogP contribution < -0.4 is 10.6 Å². The number of carbonyl (C=O) groups is 1. The van der Waals surface area contributed by atoms with Crippen molar-refractivity contribution in [2.45, 2.75) is 44.1 Å². The molecule has 1 aromatic rings. The van der Waals surface area contributed by atoms with E-state index in [0.29, 0.717) is 5.41 Å². The van der Waals surface area contributed by atoms with Crippen molar-refractivity contribution in [1.29, 1.82) is 0 Å². The van der Waals surface area contributed by atoms with Gasteiger partial charge in [0.2, 0.25) is 0 Å². The Hall–Kier alpha value is -1.03. The standard InChI is InChI=1S/C15H20N2OS/c18-13(16-4-3-12-2-1-5-19-12)17-15-8-11-6-14(7-11,9-15)10-15/h1-2,5,11H,3-4,6-10H2,(H2,16,17,18). The van der Waals surface area contributed by atoms with Crippen LogP contribution in [-0.4, -0.2) is 18.1 Å². The summed E-state index contributed by atoms with van der Waals surface area (Å²) in [6.45, 7) is 0.733. The summed E-state index contributed by atoms with van der Waals surface area (Å²) in [4.78, 5) is 13.3. The minimum atomic E-state index is 0.0349. The second kappa shape index (κ2) is 3.98. The van der Waals surface area contributed by atoms with Crippen molar-refractivity contribution in [3.63, 3.8) is 0 Å². The molecule has 5 aliphatic carbocycles. The molecule has 0 aromatic carbocycles. The molecule has 102 valence electrons. The summed E-state index contributed by atoms with van der Waals surface area (Å²) in [7, 11) is 0. The zero-order valence-electron chi connectivity index (χ0n) is 11.1. The highest BCUT2D eigenvalue weighted by Gasteiger charge is 2.66. The molecule has 3 nitrogen and oxygen atoms in total. The SMILES string of the molecule is O=C(NCCc1cccs1)NC12CC3CC(C3)(C1)C2. The second-order valence-electron chi connectivity index (χ2n) is 6.82. The van der Waals surface area contributed by atoms with Crippen LogP contribution in [0.4, 0.5) is 4.79 Å². The zero-order valence-corrected chi connectivity index (χ0v) is 11.9. The quantitative estimate of drug-likeness (QED) is 0.872. The number of thiophene rings is 1. The van der Waals surface area contributed by atoms with E-state index in [9.17, 15) is 4.79 Å². The summed E-state index contributed by atoms with van der Waals surface area (Å²) in [6.07, 6.45) is 7.47. The first kappa shape index (κ1) is 11.8. The first-order valence-electron chi connectivity index (χ1n) is 7.26. The van der Waals surface area contributed by atoms with Gasteiger partial charge >= 0.3 is 6.03 Å². The van der Waals surface area contributed by atoms with Crippen LogP contribution in [0.1, 0.15) is 37.0 Å². The van der Waals surface area contributed by atoms with E-state index < -0.39 is 0 Å². The van der Waals surface area contributed by atoms with Gasteiger partial charge in [0.15, 0.2) is 0 Å². The molecule has 1 aromatic heterocycles. The van der Waals surface area contributed by atoms with E-state index in [1.165, 1.54) is 37.0 Å². The predicted molar refractivity (Wildman–Crippen MR) is 76.3 cm³/mol. The van der Waals surface area contributed by atoms with Crippen molar-refractivity contribution >= 4 is 17.4 Å². The Morgan fingerprint density at radius 3 is 2.84 bits per heavy atom. The monoisotopic (exact) mass is 276 g/mol. The molecule has 5 fully saturated rings. The molecule has 5 saturated carbocycles. The molecule has 4 heteroatoms. The fourth-order valence-corrected chi connectivity index (χ4v) is 5.57. The highest BCUT2D eigenvalue weighted by Crippen LogP contribution is 2.71. The summed E-state index contributed by atoms with van der Waals surface area (Å²) in [5.74, 6) is 0.897. The molecule has 5 aliphatic rings. The van der Waals surface area contributed by atoms with Gasteiger partial charge in [-0.3, -0.25) is 0 Å². The van der Waals surface area contributed by atoms with Gasteiger partial charge in [0, 0.05) is 17.0 Å². The largest absolute Gasteiger partial charge is 0.338 e. The summed E-state index contributed by atoms with van der Waals surface area (Å²) in [5, 5.41) is 8.33. The van der Waals surface area contributed by atoms with Crippen molar-refractivity contribution in [1.82, 2.24) is 10.6 Å². The summed E-state index contributed by atoms with van der Waals surface area (Å²) in [6, 6.07) is 4.21. The molecule has 6 rings (SSSR count). The number of hydrogen-bond donors (Lipinski definition) is 2. The van der Waals surface area contributed by atoms with Crippen LogP contribution in [0.5, 0.6) is 0 Å². The molecule has 1 heterocycles. The molecule has 2 amide bonds. The van der Waals surface area contributed by atoms with Gasteiger partial charge in [-0.1, -0.05) is 6.07 Å². The third kappa shape index (κ3) is 1.97. The lowest BCUT2D eigenvalue weighted by Crippen LogP contribution is -2.72. The molecule has 0 unspecified atom stereocenters. The number of hydrogen-bond acceptors (Lipinski definition) is 2. The van der Waals surface area contributed by atoms with Gasteiger partial charge in [-0.2, -0.15) is 0 Å². The van der Waals surface area contributed by atoms with Crippen molar-refractivity contribution < 1.29 is 4.79 Å². The highest BCUT2D eigenvalue weighted by molar-refractivity contribution is 7.09. The second-order valence-corrected chi connectivity index (χ2v) is 7.85. The molecule has 0 aliphatic heterocycles. The Morgan fingerprint density at radius 2 is 2.21 bits per heavy atom. The van der Waals surface area contributed by atoms with Crippen LogP contribution in [0.2, 0.25) is 0 Å². The van der Waals surface area contributed by atoms with Gasteiger partial charge in [0.1, 0.15) is 0 Å². The lowest BCUT2D eigenvalue weighted by atomic mass is 9.37. The Bertz CT molecular complexity index is 477. The van der Waals surface area contributed by atoms with E-state index in [2.05, 4.69) is 28.1 Å². The number of nitrogens with one attached hydrogen (secondary N) is 2. The molecule has 0 atom stereocenters. The molecule has 3 bridgehead atoms.